The number of amides is 1. The zero-order chi connectivity index (χ0) is 20.4. The molecule has 0 radical (unpaired) electrons. The lowest BCUT2D eigenvalue weighted by Gasteiger charge is -2.19. The van der Waals surface area contributed by atoms with Gasteiger partial charge >= 0.3 is 5.97 Å². The molecule has 0 atom stereocenters. The highest BCUT2D eigenvalue weighted by atomic mass is 16.5. The number of hydrogen-bond acceptors (Lipinski definition) is 5. The summed E-state index contributed by atoms with van der Waals surface area (Å²) >= 11 is 0. The van der Waals surface area contributed by atoms with E-state index in [1.165, 1.54) is 0 Å². The van der Waals surface area contributed by atoms with Crippen LogP contribution in [0, 0.1) is 6.92 Å². The van der Waals surface area contributed by atoms with Crippen LogP contribution in [0.1, 0.15) is 28.4 Å². The van der Waals surface area contributed by atoms with Crippen LogP contribution < -0.4 is 10.1 Å². The van der Waals surface area contributed by atoms with Crippen LogP contribution in [0.2, 0.25) is 0 Å². The molecule has 148 valence electrons. The number of ether oxygens (including phenoxy) is 2. The average molecular weight is 391 g/mol. The lowest BCUT2D eigenvalue weighted by molar-refractivity contribution is -0.116. The van der Waals surface area contributed by atoms with Gasteiger partial charge in [0.25, 0.3) is 0 Å². The summed E-state index contributed by atoms with van der Waals surface area (Å²) in [7, 11) is 0. The number of carbonyl (C=O) groups is 2. The van der Waals surface area contributed by atoms with Crippen LogP contribution >= 0.6 is 0 Å². The number of hydrogen-bond donors (Lipinski definition) is 1. The maximum Gasteiger partial charge on any atom is 0.338 e. The van der Waals surface area contributed by atoms with Gasteiger partial charge in [0.2, 0.25) is 5.91 Å². The van der Waals surface area contributed by atoms with Crippen molar-refractivity contribution < 1.29 is 19.1 Å². The van der Waals surface area contributed by atoms with Crippen LogP contribution in [0.15, 0.2) is 48.7 Å². The summed E-state index contributed by atoms with van der Waals surface area (Å²) in [5.74, 6) is 0.199. The Balaban J connectivity index is 1.49. The Hall–Kier alpha value is -3.61. The van der Waals surface area contributed by atoms with E-state index in [1.807, 2.05) is 25.1 Å². The molecule has 0 saturated carbocycles. The topological polar surface area (TPSA) is 82.5 Å². The van der Waals surface area contributed by atoms with Crippen molar-refractivity contribution in [2.75, 3.05) is 11.9 Å². The summed E-state index contributed by atoms with van der Waals surface area (Å²) < 4.78 is 12.4. The van der Waals surface area contributed by atoms with Crippen molar-refractivity contribution in [3.05, 3.63) is 65.4 Å². The first-order valence-corrected chi connectivity index (χ1v) is 9.40. The van der Waals surface area contributed by atoms with Gasteiger partial charge in [-0.15, -0.1) is 0 Å². The monoisotopic (exact) mass is 391 g/mol. The Morgan fingerprint density at radius 2 is 2.00 bits per heavy atom. The van der Waals surface area contributed by atoms with E-state index < -0.39 is 0 Å². The second kappa shape index (κ2) is 7.79. The van der Waals surface area contributed by atoms with E-state index in [9.17, 15) is 9.59 Å². The second-order valence-electron chi connectivity index (χ2n) is 6.81. The summed E-state index contributed by atoms with van der Waals surface area (Å²) in [5.41, 5.74) is 4.95. The van der Waals surface area contributed by atoms with E-state index >= 15 is 0 Å². The molecule has 2 heterocycles. The second-order valence-corrected chi connectivity index (χ2v) is 6.81. The van der Waals surface area contributed by atoms with Gasteiger partial charge in [-0.25, -0.2) is 4.79 Å². The summed E-state index contributed by atoms with van der Waals surface area (Å²) in [6.45, 7) is 4.60. The summed E-state index contributed by atoms with van der Waals surface area (Å²) in [5, 5.41) is 7.22. The third-order valence-corrected chi connectivity index (χ3v) is 4.66. The Labute approximate surface area is 168 Å². The number of nitrogens with zero attached hydrogens (tertiary/aromatic N) is 2. The van der Waals surface area contributed by atoms with E-state index in [2.05, 4.69) is 10.4 Å². The molecule has 2 aromatic carbocycles. The molecule has 0 aliphatic carbocycles. The van der Waals surface area contributed by atoms with Gasteiger partial charge < -0.3 is 14.8 Å². The molecule has 29 heavy (non-hydrogen) atoms. The van der Waals surface area contributed by atoms with Gasteiger partial charge in [-0.2, -0.15) is 5.10 Å². The summed E-state index contributed by atoms with van der Waals surface area (Å²) in [6.07, 6.45) is 1.74. The van der Waals surface area contributed by atoms with E-state index in [0.717, 1.165) is 28.1 Å². The van der Waals surface area contributed by atoms with E-state index in [4.69, 9.17) is 9.47 Å². The zero-order valence-electron chi connectivity index (χ0n) is 16.3. The molecular weight excluding hydrogens is 370 g/mol. The minimum absolute atomic E-state index is 0.0718. The van der Waals surface area contributed by atoms with Gasteiger partial charge in [0, 0.05) is 16.8 Å². The molecule has 7 heteroatoms. The van der Waals surface area contributed by atoms with Crippen molar-refractivity contribution in [1.82, 2.24) is 9.78 Å². The van der Waals surface area contributed by atoms with Gasteiger partial charge in [0.15, 0.2) is 0 Å². The van der Waals surface area contributed by atoms with Crippen molar-refractivity contribution in [3.63, 3.8) is 0 Å². The fourth-order valence-corrected chi connectivity index (χ4v) is 3.31. The predicted octanol–water partition coefficient (Wildman–Crippen LogP) is 3.57. The van der Waals surface area contributed by atoms with Crippen LogP contribution in [0.4, 0.5) is 5.69 Å². The molecule has 1 aliphatic heterocycles. The van der Waals surface area contributed by atoms with E-state index in [1.54, 1.807) is 42.1 Å². The molecule has 0 spiro atoms. The van der Waals surface area contributed by atoms with E-state index in [0.29, 0.717) is 24.5 Å². The Kier molecular flexibility index (Phi) is 5.03. The number of rotatable bonds is 5. The first-order chi connectivity index (χ1) is 14.0. The highest BCUT2D eigenvalue weighted by Gasteiger charge is 2.23. The SMILES string of the molecule is CCOC(=O)c1ccc(NC(=O)Cn2ncc3c2-c2cc(C)ccc2OC3)cc1. The van der Waals surface area contributed by atoms with Crippen molar-refractivity contribution in [3.8, 4) is 17.0 Å². The molecule has 0 saturated heterocycles. The van der Waals surface area contributed by atoms with Crippen LogP contribution in [-0.2, 0) is 22.7 Å². The number of carbonyl (C=O) groups excluding carboxylic acids is 2. The molecule has 1 N–H and O–H groups in total. The number of aryl methyl sites for hydroxylation is 1. The van der Waals surface area contributed by atoms with Gasteiger partial charge in [-0.3, -0.25) is 9.48 Å². The average Bonchev–Trinajstić information content (AvgIpc) is 3.11. The Morgan fingerprint density at radius 3 is 2.76 bits per heavy atom. The fraction of sp³-hybridized carbons (Fsp3) is 0.227. The highest BCUT2D eigenvalue weighted by molar-refractivity contribution is 5.93. The minimum Gasteiger partial charge on any atom is -0.488 e. The lowest BCUT2D eigenvalue weighted by Crippen LogP contribution is -2.21. The maximum atomic E-state index is 12.6. The van der Waals surface area contributed by atoms with Crippen LogP contribution in [0.5, 0.6) is 5.75 Å². The molecule has 0 fully saturated rings. The molecule has 4 rings (SSSR count). The minimum atomic E-state index is -0.385. The largest absolute Gasteiger partial charge is 0.488 e. The van der Waals surface area contributed by atoms with E-state index in [-0.39, 0.29) is 18.4 Å². The van der Waals surface area contributed by atoms with Crippen LogP contribution in [-0.4, -0.2) is 28.3 Å². The number of aromatic nitrogens is 2. The van der Waals surface area contributed by atoms with Crippen molar-refractivity contribution in [1.29, 1.82) is 0 Å². The molecule has 3 aromatic rings. The quantitative estimate of drug-likeness (QED) is 0.673. The molecular formula is C22H21N3O4. The normalized spacial score (nSPS) is 11.8. The van der Waals surface area contributed by atoms with Crippen molar-refractivity contribution in [2.45, 2.75) is 27.0 Å². The van der Waals surface area contributed by atoms with Gasteiger partial charge in [0.1, 0.15) is 18.9 Å². The molecule has 0 unspecified atom stereocenters. The fourth-order valence-electron chi connectivity index (χ4n) is 3.31. The molecule has 1 amide bonds. The first kappa shape index (κ1) is 18.7. The summed E-state index contributed by atoms with van der Waals surface area (Å²) in [4.78, 5) is 24.3. The third-order valence-electron chi connectivity index (χ3n) is 4.66. The number of esters is 1. The first-order valence-electron chi connectivity index (χ1n) is 9.40. The van der Waals surface area contributed by atoms with Gasteiger partial charge in [-0.05, 0) is 50.2 Å². The predicted molar refractivity (Wildman–Crippen MR) is 108 cm³/mol. The standard InChI is InChI=1S/C22H21N3O4/c1-3-28-22(27)15-5-7-17(8-6-15)24-20(26)12-25-21-16(11-23-25)13-29-19-9-4-14(2)10-18(19)21/h4-11H,3,12-13H2,1-2H3,(H,24,26). The Bertz CT molecular complexity index is 1070. The zero-order valence-corrected chi connectivity index (χ0v) is 16.3. The lowest BCUT2D eigenvalue weighted by atomic mass is 10.0. The summed E-state index contributed by atoms with van der Waals surface area (Å²) in [6, 6.07) is 12.6. The number of fused-ring (bicyclic) bond motifs is 3. The van der Waals surface area contributed by atoms with Crippen molar-refractivity contribution >= 4 is 17.6 Å². The van der Waals surface area contributed by atoms with Crippen molar-refractivity contribution in [2.24, 2.45) is 0 Å². The highest BCUT2D eigenvalue weighted by Crippen LogP contribution is 2.37. The maximum absolute atomic E-state index is 12.6. The van der Waals surface area contributed by atoms with Crippen LogP contribution in [0.3, 0.4) is 0 Å². The van der Waals surface area contributed by atoms with Crippen LogP contribution in [0.25, 0.3) is 11.3 Å². The Morgan fingerprint density at radius 1 is 1.21 bits per heavy atom. The molecule has 1 aromatic heterocycles. The van der Waals surface area contributed by atoms with Gasteiger partial charge in [-0.1, -0.05) is 11.6 Å². The molecule has 7 nitrogen and oxygen atoms in total. The molecule has 0 bridgehead atoms. The number of benzene rings is 2. The smallest absolute Gasteiger partial charge is 0.338 e. The molecule has 1 aliphatic rings. The number of anilines is 1. The van der Waals surface area contributed by atoms with Gasteiger partial charge in [0.05, 0.1) is 24.1 Å². The number of nitrogens with one attached hydrogen (secondary N) is 1. The third kappa shape index (κ3) is 3.85.